The molecule has 0 radical (unpaired) electrons. The van der Waals surface area contributed by atoms with Gasteiger partial charge in [0.25, 0.3) is 5.56 Å². The molecule has 3 aromatic rings. The van der Waals surface area contributed by atoms with Gasteiger partial charge in [-0.2, -0.15) is 0 Å². The van der Waals surface area contributed by atoms with Crippen molar-refractivity contribution in [3.8, 4) is 5.75 Å². The maximum Gasteiger partial charge on any atom is 0.338 e. The zero-order chi connectivity index (χ0) is 26.1. The van der Waals surface area contributed by atoms with E-state index < -0.39 is 12.0 Å². The van der Waals surface area contributed by atoms with Crippen LogP contribution in [0.2, 0.25) is 5.02 Å². The van der Waals surface area contributed by atoms with E-state index in [9.17, 15) is 9.59 Å². The van der Waals surface area contributed by atoms with Crippen LogP contribution in [0, 0.1) is 0 Å². The minimum atomic E-state index is -0.767. The highest BCUT2D eigenvalue weighted by Crippen LogP contribution is 2.36. The summed E-state index contributed by atoms with van der Waals surface area (Å²) in [4.78, 5) is 32.0. The molecule has 0 saturated heterocycles. The molecule has 6 nitrogen and oxygen atoms in total. The van der Waals surface area contributed by atoms with Gasteiger partial charge < -0.3 is 9.47 Å². The fraction of sp³-hybridized carbons (Fsp3) is 0.269. The van der Waals surface area contributed by atoms with Crippen molar-refractivity contribution >= 4 is 66.8 Å². The number of benzene rings is 2. The molecule has 188 valence electrons. The van der Waals surface area contributed by atoms with Crippen molar-refractivity contribution in [1.82, 2.24) is 4.57 Å². The Hall–Kier alpha value is -2.20. The first-order valence-electron chi connectivity index (χ1n) is 11.2. The summed E-state index contributed by atoms with van der Waals surface area (Å²) in [5, 5.41) is 0.442. The summed E-state index contributed by atoms with van der Waals surface area (Å²) in [5.74, 6) is 0.103. The molecule has 0 amide bonds. The third-order valence-electron chi connectivity index (χ3n) is 5.39. The fourth-order valence-corrected chi connectivity index (χ4v) is 6.60. The molecule has 2 heterocycles. The van der Waals surface area contributed by atoms with Crippen LogP contribution in [-0.4, -0.2) is 23.2 Å². The summed E-state index contributed by atoms with van der Waals surface area (Å²) in [5.41, 5.74) is 1.84. The van der Waals surface area contributed by atoms with Gasteiger partial charge in [-0.15, -0.1) is 0 Å². The molecule has 4 rings (SSSR count). The number of nitrogens with zero attached hydrogens (tertiary/aromatic N) is 2. The molecule has 1 aromatic heterocycles. The number of fused-ring (bicyclic) bond motifs is 1. The third kappa shape index (κ3) is 5.25. The van der Waals surface area contributed by atoms with Gasteiger partial charge in [-0.25, -0.2) is 9.79 Å². The fourth-order valence-electron chi connectivity index (χ4n) is 3.97. The summed E-state index contributed by atoms with van der Waals surface area (Å²) < 4.78 is 14.9. The monoisotopic (exact) mass is 652 g/mol. The Morgan fingerprint density at radius 2 is 2.00 bits per heavy atom. The van der Waals surface area contributed by atoms with Crippen LogP contribution in [0.15, 0.2) is 66.4 Å². The van der Waals surface area contributed by atoms with Crippen LogP contribution >= 0.6 is 54.8 Å². The zero-order valence-corrected chi connectivity index (χ0v) is 24.7. The van der Waals surface area contributed by atoms with Gasteiger partial charge in [0, 0.05) is 15.1 Å². The molecule has 36 heavy (non-hydrogen) atoms. The molecule has 10 heteroatoms. The predicted molar refractivity (Wildman–Crippen MR) is 149 cm³/mol. The van der Waals surface area contributed by atoms with Crippen LogP contribution < -0.4 is 19.6 Å². The van der Waals surface area contributed by atoms with E-state index in [-0.39, 0.29) is 23.8 Å². The Morgan fingerprint density at radius 1 is 1.28 bits per heavy atom. The van der Waals surface area contributed by atoms with E-state index >= 15 is 0 Å². The number of ether oxygens (including phenoxy) is 2. The van der Waals surface area contributed by atoms with Gasteiger partial charge in [0.15, 0.2) is 4.80 Å². The summed E-state index contributed by atoms with van der Waals surface area (Å²) >= 11 is 14.9. The van der Waals surface area contributed by atoms with Gasteiger partial charge in [0.05, 0.1) is 33.0 Å². The molecule has 0 fully saturated rings. The molecule has 2 aromatic carbocycles. The van der Waals surface area contributed by atoms with Crippen molar-refractivity contribution in [3.63, 3.8) is 0 Å². The smallest absolute Gasteiger partial charge is 0.338 e. The number of hydrogen-bond donors (Lipinski definition) is 0. The lowest BCUT2D eigenvalue weighted by Gasteiger charge is -2.25. The average Bonchev–Trinajstić information content (AvgIpc) is 3.10. The van der Waals surface area contributed by atoms with E-state index in [1.54, 1.807) is 32.1 Å². The normalized spacial score (nSPS) is 15.7. The highest BCUT2D eigenvalue weighted by atomic mass is 79.9. The number of aromatic nitrogens is 1. The molecule has 0 bridgehead atoms. The number of thiazole rings is 1. The zero-order valence-electron chi connectivity index (χ0n) is 20.0. The first-order valence-corrected chi connectivity index (χ1v) is 14.0. The van der Waals surface area contributed by atoms with Crippen molar-refractivity contribution in [2.75, 3.05) is 6.61 Å². The number of halogens is 3. The second-order valence-corrected chi connectivity index (χ2v) is 11.5. The van der Waals surface area contributed by atoms with E-state index in [1.165, 1.54) is 15.9 Å². The second kappa shape index (κ2) is 11.0. The number of esters is 1. The Balaban J connectivity index is 1.99. The van der Waals surface area contributed by atoms with Crippen LogP contribution in [0.4, 0.5) is 0 Å². The van der Waals surface area contributed by atoms with Gasteiger partial charge in [0.1, 0.15) is 11.8 Å². The maximum atomic E-state index is 13.8. The van der Waals surface area contributed by atoms with E-state index in [1.807, 2.05) is 38.1 Å². The summed E-state index contributed by atoms with van der Waals surface area (Å²) in [6.45, 7) is 7.56. The van der Waals surface area contributed by atoms with Gasteiger partial charge in [-0.3, -0.25) is 9.36 Å². The Kier molecular flexibility index (Phi) is 8.24. The van der Waals surface area contributed by atoms with E-state index in [0.717, 1.165) is 14.5 Å². The number of allylic oxidation sites excluding steroid dienone is 1. The van der Waals surface area contributed by atoms with Crippen LogP contribution in [-0.2, 0) is 9.53 Å². The number of carbonyl (C=O) groups excluding carboxylic acids is 1. The molecule has 0 aliphatic carbocycles. The highest BCUT2D eigenvalue weighted by molar-refractivity contribution is 9.11. The lowest BCUT2D eigenvalue weighted by atomic mass is 9.96. The summed E-state index contributed by atoms with van der Waals surface area (Å²) in [6, 6.07) is 10.2. The summed E-state index contributed by atoms with van der Waals surface area (Å²) in [6.07, 6.45) is 1.72. The molecule has 1 atom stereocenters. The number of hydrogen-bond acceptors (Lipinski definition) is 6. The van der Waals surface area contributed by atoms with Crippen molar-refractivity contribution in [3.05, 3.63) is 92.5 Å². The third-order valence-corrected chi connectivity index (χ3v) is 7.77. The molecule has 1 aliphatic rings. The molecule has 0 spiro atoms. The molecule has 0 unspecified atom stereocenters. The maximum absolute atomic E-state index is 13.8. The van der Waals surface area contributed by atoms with Gasteiger partial charge in [-0.1, -0.05) is 57.1 Å². The van der Waals surface area contributed by atoms with Crippen LogP contribution in [0.25, 0.3) is 6.08 Å². The van der Waals surface area contributed by atoms with E-state index in [0.29, 0.717) is 31.4 Å². The van der Waals surface area contributed by atoms with Crippen LogP contribution in [0.5, 0.6) is 5.75 Å². The summed E-state index contributed by atoms with van der Waals surface area (Å²) in [7, 11) is 0. The number of rotatable bonds is 6. The lowest BCUT2D eigenvalue weighted by molar-refractivity contribution is -0.139. The number of carbonyl (C=O) groups is 1. The Bertz CT molecular complexity index is 1560. The van der Waals surface area contributed by atoms with Gasteiger partial charge in [-0.05, 0) is 73.5 Å². The van der Waals surface area contributed by atoms with Crippen LogP contribution in [0.1, 0.15) is 44.9 Å². The van der Waals surface area contributed by atoms with E-state index in [2.05, 4.69) is 36.9 Å². The molecular formula is C26H23Br2ClN2O4S. The lowest BCUT2D eigenvalue weighted by Crippen LogP contribution is -2.40. The Labute approximate surface area is 234 Å². The minimum absolute atomic E-state index is 0.0640. The van der Waals surface area contributed by atoms with Gasteiger partial charge >= 0.3 is 5.97 Å². The standard InChI is InChI=1S/C26H23Br2ClN2O4S/c1-5-34-25(33)21-14(4)30-26-31(22(21)17-8-6-7-9-19(17)29)24(32)20(36-26)11-15-10-16(27)12-18(28)23(15)35-13(2)3/h6-13,22H,5H2,1-4H3/b20-11-/t22-/m0/s1. The largest absolute Gasteiger partial charge is 0.489 e. The van der Waals surface area contributed by atoms with Gasteiger partial charge in [0.2, 0.25) is 0 Å². The quantitative estimate of drug-likeness (QED) is 0.317. The van der Waals surface area contributed by atoms with Crippen LogP contribution in [0.3, 0.4) is 0 Å². The van der Waals surface area contributed by atoms with Crippen molar-refractivity contribution in [2.45, 2.75) is 39.8 Å². The SMILES string of the molecule is CCOC(=O)C1=C(C)N=c2s/c(=C\c3cc(Br)cc(Br)c3OC(C)C)c(=O)n2[C@H]1c1ccccc1Cl. The van der Waals surface area contributed by atoms with E-state index in [4.69, 9.17) is 21.1 Å². The molecular weight excluding hydrogens is 632 g/mol. The molecule has 0 N–H and O–H groups in total. The predicted octanol–water partition coefficient (Wildman–Crippen LogP) is 5.76. The minimum Gasteiger partial charge on any atom is -0.489 e. The average molecular weight is 655 g/mol. The van der Waals surface area contributed by atoms with Crippen molar-refractivity contribution in [2.24, 2.45) is 4.99 Å². The Morgan fingerprint density at radius 3 is 2.67 bits per heavy atom. The van der Waals surface area contributed by atoms with Crippen molar-refractivity contribution < 1.29 is 14.3 Å². The topological polar surface area (TPSA) is 69.9 Å². The highest BCUT2D eigenvalue weighted by Gasteiger charge is 2.34. The molecule has 0 saturated carbocycles. The van der Waals surface area contributed by atoms with Crippen molar-refractivity contribution in [1.29, 1.82) is 0 Å². The second-order valence-electron chi connectivity index (χ2n) is 8.30. The first kappa shape index (κ1) is 26.9. The first-order chi connectivity index (χ1) is 17.1. The molecule has 1 aliphatic heterocycles.